The lowest BCUT2D eigenvalue weighted by Gasteiger charge is -2.37. The van der Waals surface area contributed by atoms with Gasteiger partial charge in [-0.25, -0.2) is 0 Å². The van der Waals surface area contributed by atoms with Crippen molar-refractivity contribution in [1.29, 1.82) is 0 Å². The molecule has 0 radical (unpaired) electrons. The zero-order chi connectivity index (χ0) is 17.8. The molecule has 2 aromatic rings. The van der Waals surface area contributed by atoms with Gasteiger partial charge >= 0.3 is 0 Å². The van der Waals surface area contributed by atoms with Crippen LogP contribution in [-0.2, 0) is 0 Å². The first kappa shape index (κ1) is 18.3. The molecule has 1 fully saturated rings. The highest BCUT2D eigenvalue weighted by Gasteiger charge is 2.19. The first-order valence-electron chi connectivity index (χ1n) is 9.12. The second kappa shape index (κ2) is 8.24. The molecule has 1 saturated heterocycles. The SMILES string of the molecule is CCC(C)C(O)c1ccc(N2CCN(c3ccc(Br)cc3)CC2)cc1. The predicted molar refractivity (Wildman–Crippen MR) is 109 cm³/mol. The number of hydrogen-bond acceptors (Lipinski definition) is 3. The van der Waals surface area contributed by atoms with Gasteiger partial charge in [-0.3, -0.25) is 0 Å². The minimum absolute atomic E-state index is 0.292. The van der Waals surface area contributed by atoms with Gasteiger partial charge in [0.1, 0.15) is 0 Å². The van der Waals surface area contributed by atoms with Crippen LogP contribution in [0.25, 0.3) is 0 Å². The predicted octanol–water partition coefficient (Wildman–Crippen LogP) is 4.86. The van der Waals surface area contributed by atoms with Crippen molar-refractivity contribution in [3.05, 3.63) is 58.6 Å². The fraction of sp³-hybridized carbons (Fsp3) is 0.429. The highest BCUT2D eigenvalue weighted by atomic mass is 79.9. The van der Waals surface area contributed by atoms with Crippen LogP contribution in [0.15, 0.2) is 53.0 Å². The summed E-state index contributed by atoms with van der Waals surface area (Å²) in [7, 11) is 0. The van der Waals surface area contributed by atoms with Crippen LogP contribution in [0.1, 0.15) is 31.9 Å². The van der Waals surface area contributed by atoms with Crippen LogP contribution in [-0.4, -0.2) is 31.3 Å². The lowest BCUT2D eigenvalue weighted by molar-refractivity contribution is 0.115. The fourth-order valence-electron chi connectivity index (χ4n) is 3.31. The van der Waals surface area contributed by atoms with Crippen molar-refractivity contribution in [2.45, 2.75) is 26.4 Å². The molecule has 25 heavy (non-hydrogen) atoms. The van der Waals surface area contributed by atoms with Crippen LogP contribution in [0.3, 0.4) is 0 Å². The Labute approximate surface area is 159 Å². The number of aliphatic hydroxyl groups excluding tert-OH is 1. The van der Waals surface area contributed by atoms with E-state index in [0.717, 1.165) is 42.6 Å². The van der Waals surface area contributed by atoms with Crippen molar-refractivity contribution < 1.29 is 5.11 Å². The molecule has 3 rings (SSSR count). The summed E-state index contributed by atoms with van der Waals surface area (Å²) in [6.07, 6.45) is 0.620. The average molecular weight is 403 g/mol. The van der Waals surface area contributed by atoms with E-state index in [4.69, 9.17) is 0 Å². The summed E-state index contributed by atoms with van der Waals surface area (Å²) in [5.74, 6) is 0.292. The number of anilines is 2. The summed E-state index contributed by atoms with van der Waals surface area (Å²) in [5.41, 5.74) is 3.55. The average Bonchev–Trinajstić information content (AvgIpc) is 2.67. The van der Waals surface area contributed by atoms with Crippen molar-refractivity contribution in [1.82, 2.24) is 0 Å². The maximum Gasteiger partial charge on any atom is 0.0815 e. The molecule has 1 aliphatic heterocycles. The molecule has 1 N–H and O–H groups in total. The van der Waals surface area contributed by atoms with Gasteiger partial charge in [-0.2, -0.15) is 0 Å². The van der Waals surface area contributed by atoms with Gasteiger partial charge in [0.05, 0.1) is 6.10 Å². The normalized spacial score (nSPS) is 17.4. The molecule has 0 amide bonds. The monoisotopic (exact) mass is 402 g/mol. The van der Waals surface area contributed by atoms with Crippen molar-refractivity contribution in [2.24, 2.45) is 5.92 Å². The number of piperazine rings is 1. The van der Waals surface area contributed by atoms with Gasteiger partial charge in [0.15, 0.2) is 0 Å². The molecule has 0 aromatic heterocycles. The van der Waals surface area contributed by atoms with Gasteiger partial charge in [0.2, 0.25) is 0 Å². The number of aliphatic hydroxyl groups is 1. The lowest BCUT2D eigenvalue weighted by atomic mass is 9.95. The van der Waals surface area contributed by atoms with E-state index in [9.17, 15) is 5.11 Å². The lowest BCUT2D eigenvalue weighted by Crippen LogP contribution is -2.46. The summed E-state index contributed by atoms with van der Waals surface area (Å²) in [4.78, 5) is 4.86. The molecule has 1 aliphatic rings. The number of rotatable bonds is 5. The first-order valence-corrected chi connectivity index (χ1v) is 9.91. The second-order valence-corrected chi connectivity index (χ2v) is 7.79. The summed E-state index contributed by atoms with van der Waals surface area (Å²) in [6.45, 7) is 8.30. The molecular formula is C21H27BrN2O. The van der Waals surface area contributed by atoms with Gasteiger partial charge in [-0.05, 0) is 47.9 Å². The molecule has 0 saturated carbocycles. The summed E-state index contributed by atoms with van der Waals surface area (Å²) >= 11 is 3.49. The third-order valence-electron chi connectivity index (χ3n) is 5.25. The molecule has 0 bridgehead atoms. The topological polar surface area (TPSA) is 26.7 Å². The number of nitrogens with zero attached hydrogens (tertiary/aromatic N) is 2. The largest absolute Gasteiger partial charge is 0.388 e. The molecule has 1 heterocycles. The second-order valence-electron chi connectivity index (χ2n) is 6.87. The smallest absolute Gasteiger partial charge is 0.0815 e. The van der Waals surface area contributed by atoms with Crippen LogP contribution in [0.5, 0.6) is 0 Å². The maximum absolute atomic E-state index is 10.3. The molecule has 2 unspecified atom stereocenters. The fourth-order valence-corrected chi connectivity index (χ4v) is 3.57. The Kier molecular flexibility index (Phi) is 6.02. The van der Waals surface area contributed by atoms with E-state index in [0.29, 0.717) is 5.92 Å². The highest BCUT2D eigenvalue weighted by molar-refractivity contribution is 9.10. The Hall–Kier alpha value is -1.52. The van der Waals surface area contributed by atoms with Crippen molar-refractivity contribution in [3.8, 4) is 0 Å². The minimum Gasteiger partial charge on any atom is -0.388 e. The van der Waals surface area contributed by atoms with Gasteiger partial charge in [-0.15, -0.1) is 0 Å². The van der Waals surface area contributed by atoms with Crippen molar-refractivity contribution in [2.75, 3.05) is 36.0 Å². The quantitative estimate of drug-likeness (QED) is 0.773. The van der Waals surface area contributed by atoms with Crippen molar-refractivity contribution in [3.63, 3.8) is 0 Å². The molecule has 134 valence electrons. The van der Waals surface area contributed by atoms with Crippen molar-refractivity contribution >= 4 is 27.3 Å². The Morgan fingerprint density at radius 1 is 0.880 bits per heavy atom. The van der Waals surface area contributed by atoms with E-state index in [1.165, 1.54) is 11.4 Å². The van der Waals surface area contributed by atoms with E-state index in [1.807, 2.05) is 0 Å². The molecule has 4 heteroatoms. The van der Waals surface area contributed by atoms with Gasteiger partial charge in [-0.1, -0.05) is 48.3 Å². The van der Waals surface area contributed by atoms with Crippen LogP contribution < -0.4 is 9.80 Å². The third-order valence-corrected chi connectivity index (χ3v) is 5.78. The van der Waals surface area contributed by atoms with E-state index in [2.05, 4.69) is 88.1 Å². The van der Waals surface area contributed by atoms with Gasteiger partial charge in [0, 0.05) is 42.0 Å². The summed E-state index contributed by atoms with van der Waals surface area (Å²) in [6, 6.07) is 17.0. The van der Waals surface area contributed by atoms with E-state index < -0.39 is 0 Å². The molecule has 2 atom stereocenters. The number of benzene rings is 2. The molecule has 3 nitrogen and oxygen atoms in total. The Bertz CT molecular complexity index is 663. The van der Waals surface area contributed by atoms with Crippen LogP contribution in [0, 0.1) is 5.92 Å². The maximum atomic E-state index is 10.3. The van der Waals surface area contributed by atoms with Crippen LogP contribution in [0.2, 0.25) is 0 Å². The van der Waals surface area contributed by atoms with Crippen LogP contribution >= 0.6 is 15.9 Å². The first-order chi connectivity index (χ1) is 12.1. The van der Waals surface area contributed by atoms with E-state index in [1.54, 1.807) is 0 Å². The highest BCUT2D eigenvalue weighted by Crippen LogP contribution is 2.27. The molecule has 0 aliphatic carbocycles. The molecule has 2 aromatic carbocycles. The van der Waals surface area contributed by atoms with E-state index >= 15 is 0 Å². The Morgan fingerprint density at radius 3 is 1.76 bits per heavy atom. The number of hydrogen-bond donors (Lipinski definition) is 1. The van der Waals surface area contributed by atoms with E-state index in [-0.39, 0.29) is 6.10 Å². The zero-order valence-corrected chi connectivity index (χ0v) is 16.6. The summed E-state index contributed by atoms with van der Waals surface area (Å²) in [5, 5.41) is 10.3. The Balaban J connectivity index is 1.60. The third kappa shape index (κ3) is 4.36. The molecular weight excluding hydrogens is 376 g/mol. The van der Waals surface area contributed by atoms with Gasteiger partial charge < -0.3 is 14.9 Å². The number of halogens is 1. The minimum atomic E-state index is -0.367. The summed E-state index contributed by atoms with van der Waals surface area (Å²) < 4.78 is 1.12. The van der Waals surface area contributed by atoms with Crippen LogP contribution in [0.4, 0.5) is 11.4 Å². The zero-order valence-electron chi connectivity index (χ0n) is 15.0. The standard InChI is InChI=1S/C21H27BrN2O/c1-3-16(2)21(25)17-4-8-19(9-5-17)23-12-14-24(15-13-23)20-10-6-18(22)7-11-20/h4-11,16,21,25H,3,12-15H2,1-2H3. The Morgan fingerprint density at radius 2 is 1.32 bits per heavy atom. The van der Waals surface area contributed by atoms with Gasteiger partial charge in [0.25, 0.3) is 0 Å². The molecule has 0 spiro atoms.